The van der Waals surface area contributed by atoms with E-state index >= 15 is 0 Å². The van der Waals surface area contributed by atoms with E-state index in [-0.39, 0.29) is 12.0 Å². The van der Waals surface area contributed by atoms with Crippen LogP contribution in [0.4, 0.5) is 0 Å². The molecule has 1 aliphatic rings. The van der Waals surface area contributed by atoms with Gasteiger partial charge in [0.15, 0.2) is 0 Å². The molecule has 0 aliphatic heterocycles. The molecular weight excluding hydrogens is 228 g/mol. The van der Waals surface area contributed by atoms with Gasteiger partial charge in [0.05, 0.1) is 17.7 Å². The molecule has 1 fully saturated rings. The Morgan fingerprint density at radius 3 is 2.61 bits per heavy atom. The highest BCUT2D eigenvalue weighted by Crippen LogP contribution is 2.35. The highest BCUT2D eigenvalue weighted by atomic mass is 16.4. The first-order valence-corrected chi connectivity index (χ1v) is 6.83. The first-order chi connectivity index (χ1) is 8.56. The Morgan fingerprint density at radius 2 is 2.06 bits per heavy atom. The summed E-state index contributed by atoms with van der Waals surface area (Å²) in [5.41, 5.74) is 3.46. The second kappa shape index (κ2) is 5.12. The van der Waals surface area contributed by atoms with Crippen molar-refractivity contribution in [2.24, 2.45) is 5.92 Å². The molecule has 0 bridgehead atoms. The fourth-order valence-corrected chi connectivity index (χ4v) is 3.22. The molecule has 0 saturated heterocycles. The fourth-order valence-electron chi connectivity index (χ4n) is 3.22. The molecule has 0 amide bonds. The third-order valence-electron chi connectivity index (χ3n) is 4.19. The Bertz CT molecular complexity index is 451. The number of hydrogen-bond acceptors (Lipinski definition) is 2. The monoisotopic (exact) mass is 250 g/mol. The topological polar surface area (TPSA) is 55.1 Å². The Labute approximate surface area is 108 Å². The van der Waals surface area contributed by atoms with Crippen LogP contribution >= 0.6 is 0 Å². The zero-order chi connectivity index (χ0) is 13.3. The smallest absolute Gasteiger partial charge is 0.308 e. The molecule has 2 unspecified atom stereocenters. The Kier molecular flexibility index (Phi) is 3.73. The summed E-state index contributed by atoms with van der Waals surface area (Å²) < 4.78 is 1.98. The second-order valence-electron chi connectivity index (χ2n) is 5.24. The predicted octanol–water partition coefficient (Wildman–Crippen LogP) is 2.88. The zero-order valence-corrected chi connectivity index (χ0v) is 11.4. The lowest BCUT2D eigenvalue weighted by Gasteiger charge is -2.29. The summed E-state index contributed by atoms with van der Waals surface area (Å²) >= 11 is 0. The molecule has 1 saturated carbocycles. The van der Waals surface area contributed by atoms with Crippen molar-refractivity contribution in [1.29, 1.82) is 0 Å². The van der Waals surface area contributed by atoms with Crippen molar-refractivity contribution in [1.82, 2.24) is 9.78 Å². The fraction of sp³-hybridized carbons (Fsp3) is 0.714. The molecule has 1 heterocycles. The van der Waals surface area contributed by atoms with E-state index in [1.807, 2.05) is 11.6 Å². The van der Waals surface area contributed by atoms with Gasteiger partial charge >= 0.3 is 5.97 Å². The molecule has 1 aromatic rings. The number of nitrogens with zero attached hydrogens (tertiary/aromatic N) is 2. The maximum absolute atomic E-state index is 11.4. The number of aromatic nitrogens is 2. The number of rotatable bonds is 3. The van der Waals surface area contributed by atoms with Gasteiger partial charge in [0.25, 0.3) is 0 Å². The predicted molar refractivity (Wildman–Crippen MR) is 69.7 cm³/mol. The van der Waals surface area contributed by atoms with E-state index in [1.165, 1.54) is 5.56 Å². The van der Waals surface area contributed by atoms with Gasteiger partial charge in [0.2, 0.25) is 0 Å². The van der Waals surface area contributed by atoms with Crippen LogP contribution in [0.25, 0.3) is 0 Å². The van der Waals surface area contributed by atoms with Crippen LogP contribution in [0.3, 0.4) is 0 Å². The molecule has 1 aromatic heterocycles. The Morgan fingerprint density at radius 1 is 1.39 bits per heavy atom. The second-order valence-corrected chi connectivity index (χ2v) is 5.24. The molecule has 4 nitrogen and oxygen atoms in total. The minimum atomic E-state index is -0.676. The maximum atomic E-state index is 11.4. The van der Waals surface area contributed by atoms with E-state index in [9.17, 15) is 9.90 Å². The zero-order valence-electron chi connectivity index (χ0n) is 11.4. The number of carboxylic acid groups (broad SMARTS) is 1. The Balaban J connectivity index is 2.37. The van der Waals surface area contributed by atoms with Gasteiger partial charge in [0.1, 0.15) is 0 Å². The number of carboxylic acids is 1. The third-order valence-corrected chi connectivity index (χ3v) is 4.19. The van der Waals surface area contributed by atoms with Crippen LogP contribution in [0.2, 0.25) is 0 Å². The highest BCUT2D eigenvalue weighted by molar-refractivity contribution is 5.70. The molecule has 1 aliphatic carbocycles. The van der Waals surface area contributed by atoms with Gasteiger partial charge in [-0.2, -0.15) is 5.10 Å². The lowest BCUT2D eigenvalue weighted by molar-refractivity contribution is -0.144. The van der Waals surface area contributed by atoms with Gasteiger partial charge in [0, 0.05) is 5.69 Å². The van der Waals surface area contributed by atoms with E-state index in [0.29, 0.717) is 0 Å². The summed E-state index contributed by atoms with van der Waals surface area (Å²) in [6, 6.07) is 0.0373. The van der Waals surface area contributed by atoms with Crippen molar-refractivity contribution in [2.45, 2.75) is 58.9 Å². The van der Waals surface area contributed by atoms with Crippen molar-refractivity contribution < 1.29 is 9.90 Å². The minimum absolute atomic E-state index is 0.0373. The van der Waals surface area contributed by atoms with Crippen LogP contribution in [0.5, 0.6) is 0 Å². The molecule has 0 spiro atoms. The van der Waals surface area contributed by atoms with Crippen LogP contribution in [-0.2, 0) is 11.2 Å². The van der Waals surface area contributed by atoms with Gasteiger partial charge in [-0.05, 0) is 38.7 Å². The van der Waals surface area contributed by atoms with Crippen molar-refractivity contribution in [2.75, 3.05) is 0 Å². The molecule has 2 rings (SSSR count). The Hall–Kier alpha value is -1.32. The standard InChI is InChI=1S/C14H22N2O2/c1-4-11-9(2)15-16(10(11)3)13-8-6-5-7-12(13)14(17)18/h12-13H,4-8H2,1-3H3,(H,17,18). The molecule has 2 atom stereocenters. The third kappa shape index (κ3) is 2.16. The van der Waals surface area contributed by atoms with Crippen molar-refractivity contribution >= 4 is 5.97 Å². The summed E-state index contributed by atoms with van der Waals surface area (Å²) in [6.07, 6.45) is 4.80. The van der Waals surface area contributed by atoms with Crippen LogP contribution in [0, 0.1) is 19.8 Å². The summed E-state index contributed by atoms with van der Waals surface area (Å²) in [6.45, 7) is 6.20. The van der Waals surface area contributed by atoms with Crippen molar-refractivity contribution in [3.05, 3.63) is 17.0 Å². The molecular formula is C14H22N2O2. The molecule has 100 valence electrons. The lowest BCUT2D eigenvalue weighted by Crippen LogP contribution is -2.30. The molecule has 18 heavy (non-hydrogen) atoms. The molecule has 1 N–H and O–H groups in total. The maximum Gasteiger partial charge on any atom is 0.308 e. The summed E-state index contributed by atoms with van der Waals surface area (Å²) in [7, 11) is 0. The van der Waals surface area contributed by atoms with Gasteiger partial charge in [-0.3, -0.25) is 9.48 Å². The van der Waals surface area contributed by atoms with E-state index in [1.54, 1.807) is 0 Å². The first-order valence-electron chi connectivity index (χ1n) is 6.83. The van der Waals surface area contributed by atoms with Gasteiger partial charge in [-0.1, -0.05) is 19.8 Å². The summed E-state index contributed by atoms with van der Waals surface area (Å²) in [5.74, 6) is -0.952. The summed E-state index contributed by atoms with van der Waals surface area (Å²) in [4.78, 5) is 11.4. The average molecular weight is 250 g/mol. The van der Waals surface area contributed by atoms with E-state index in [4.69, 9.17) is 0 Å². The number of carbonyl (C=O) groups is 1. The van der Waals surface area contributed by atoms with Crippen LogP contribution < -0.4 is 0 Å². The first kappa shape index (κ1) is 13.1. The summed E-state index contributed by atoms with van der Waals surface area (Å²) in [5, 5.41) is 13.9. The molecule has 0 aromatic carbocycles. The van der Waals surface area contributed by atoms with Crippen LogP contribution in [0.1, 0.15) is 55.6 Å². The lowest BCUT2D eigenvalue weighted by atomic mass is 9.84. The number of aryl methyl sites for hydroxylation is 1. The molecule has 0 radical (unpaired) electrons. The largest absolute Gasteiger partial charge is 0.481 e. The van der Waals surface area contributed by atoms with Gasteiger partial charge < -0.3 is 5.11 Å². The number of hydrogen-bond donors (Lipinski definition) is 1. The van der Waals surface area contributed by atoms with Crippen LogP contribution in [-0.4, -0.2) is 20.9 Å². The normalized spacial score (nSPS) is 24.2. The number of aliphatic carboxylic acids is 1. The minimum Gasteiger partial charge on any atom is -0.481 e. The highest BCUT2D eigenvalue weighted by Gasteiger charge is 2.33. The van der Waals surface area contributed by atoms with E-state index in [2.05, 4.69) is 18.9 Å². The van der Waals surface area contributed by atoms with Crippen molar-refractivity contribution in [3.63, 3.8) is 0 Å². The van der Waals surface area contributed by atoms with Gasteiger partial charge in [-0.25, -0.2) is 0 Å². The van der Waals surface area contributed by atoms with E-state index in [0.717, 1.165) is 43.5 Å². The quantitative estimate of drug-likeness (QED) is 0.897. The van der Waals surface area contributed by atoms with Crippen molar-refractivity contribution in [3.8, 4) is 0 Å². The molecule has 4 heteroatoms. The SMILES string of the molecule is CCc1c(C)nn(C2CCCCC2C(=O)O)c1C. The van der Waals surface area contributed by atoms with Crippen LogP contribution in [0.15, 0.2) is 0 Å². The van der Waals surface area contributed by atoms with E-state index < -0.39 is 5.97 Å². The van der Waals surface area contributed by atoms with Gasteiger partial charge in [-0.15, -0.1) is 0 Å². The average Bonchev–Trinajstić information content (AvgIpc) is 2.64.